The molecule has 0 aromatic heterocycles. The largest absolute Gasteiger partial charge is 0.377 e. The summed E-state index contributed by atoms with van der Waals surface area (Å²) in [4.78, 5) is 43.5. The molecular weight excluding hydrogens is 330 g/mol. The Morgan fingerprint density at radius 2 is 1.62 bits per heavy atom. The van der Waals surface area contributed by atoms with Crippen molar-refractivity contribution in [1.29, 1.82) is 0 Å². The number of Topliss-reactive ketones (excluding diaryl/α,β-unsaturated/α-hetero) is 1. The maximum Gasteiger partial charge on any atom is 0.247 e. The smallest absolute Gasteiger partial charge is 0.247 e. The van der Waals surface area contributed by atoms with Crippen LogP contribution in [0.4, 0.5) is 17.1 Å². The third-order valence-corrected chi connectivity index (χ3v) is 4.67. The Bertz CT molecular complexity index is 877. The number of carbonyl (C=O) groups is 3. The predicted molar refractivity (Wildman–Crippen MR) is 102 cm³/mol. The van der Waals surface area contributed by atoms with E-state index in [1.165, 1.54) is 9.80 Å². The van der Waals surface area contributed by atoms with Gasteiger partial charge in [-0.3, -0.25) is 14.4 Å². The first-order chi connectivity index (χ1) is 12.3. The van der Waals surface area contributed by atoms with Gasteiger partial charge in [-0.25, -0.2) is 0 Å². The lowest BCUT2D eigenvalue weighted by molar-refractivity contribution is -0.130. The molecule has 0 spiro atoms. The van der Waals surface area contributed by atoms with Crippen molar-refractivity contribution in [1.82, 2.24) is 0 Å². The van der Waals surface area contributed by atoms with Crippen molar-refractivity contribution in [2.45, 2.75) is 0 Å². The quantitative estimate of drug-likeness (QED) is 0.796. The molecule has 1 aliphatic rings. The third-order valence-electron chi connectivity index (χ3n) is 4.67. The summed E-state index contributed by atoms with van der Waals surface area (Å²) in [5.74, 6) is -2.87. The number of hydrogen-bond donors (Lipinski definition) is 0. The summed E-state index contributed by atoms with van der Waals surface area (Å²) in [6.07, 6.45) is 0. The molecule has 1 heterocycles. The Kier molecular flexibility index (Phi) is 4.50. The summed E-state index contributed by atoms with van der Waals surface area (Å²) in [6, 6.07) is 14.3. The van der Waals surface area contributed by atoms with Crippen molar-refractivity contribution < 1.29 is 14.4 Å². The molecule has 0 radical (unpaired) electrons. The first-order valence-corrected chi connectivity index (χ1v) is 8.29. The van der Waals surface area contributed by atoms with Gasteiger partial charge in [-0.15, -0.1) is 0 Å². The monoisotopic (exact) mass is 351 g/mol. The topological polar surface area (TPSA) is 60.9 Å². The molecule has 0 bridgehead atoms. The van der Waals surface area contributed by atoms with Crippen LogP contribution >= 0.6 is 0 Å². The number of para-hydroxylation sites is 1. The van der Waals surface area contributed by atoms with Crippen LogP contribution in [0, 0.1) is 5.92 Å². The number of amides is 2. The van der Waals surface area contributed by atoms with Crippen LogP contribution in [0.5, 0.6) is 0 Å². The van der Waals surface area contributed by atoms with Gasteiger partial charge in [-0.1, -0.05) is 24.3 Å². The van der Waals surface area contributed by atoms with Gasteiger partial charge in [0.25, 0.3) is 0 Å². The van der Waals surface area contributed by atoms with Gasteiger partial charge < -0.3 is 14.7 Å². The Hall–Kier alpha value is -3.15. The Labute approximate surface area is 152 Å². The van der Waals surface area contributed by atoms with Crippen molar-refractivity contribution in [3.8, 4) is 0 Å². The van der Waals surface area contributed by atoms with Gasteiger partial charge in [0, 0.05) is 39.6 Å². The zero-order valence-corrected chi connectivity index (χ0v) is 15.3. The molecule has 1 aliphatic heterocycles. The van der Waals surface area contributed by atoms with E-state index in [1.807, 2.05) is 31.1 Å². The molecule has 2 aromatic carbocycles. The molecule has 26 heavy (non-hydrogen) atoms. The van der Waals surface area contributed by atoms with Crippen molar-refractivity contribution in [2.75, 3.05) is 42.9 Å². The van der Waals surface area contributed by atoms with Gasteiger partial charge in [-0.2, -0.15) is 0 Å². The zero-order valence-electron chi connectivity index (χ0n) is 15.3. The standard InChI is InChI=1S/C20H21N3O3/c1-21(2)14-11-8-12-15-16(14)18(24)17(20(26)23(15)4)19(25)22(3)13-9-6-5-7-10-13/h5-12,17H,1-4H3. The highest BCUT2D eigenvalue weighted by atomic mass is 16.2. The number of ketones is 1. The molecule has 0 N–H and O–H groups in total. The summed E-state index contributed by atoms with van der Waals surface area (Å²) < 4.78 is 0. The second kappa shape index (κ2) is 6.63. The van der Waals surface area contributed by atoms with E-state index < -0.39 is 23.5 Å². The number of rotatable bonds is 3. The zero-order chi connectivity index (χ0) is 19.0. The Morgan fingerprint density at radius 1 is 0.962 bits per heavy atom. The number of fused-ring (bicyclic) bond motifs is 1. The van der Waals surface area contributed by atoms with E-state index in [-0.39, 0.29) is 0 Å². The molecule has 134 valence electrons. The van der Waals surface area contributed by atoms with Gasteiger partial charge in [0.1, 0.15) is 0 Å². The number of carbonyl (C=O) groups excluding carboxylic acids is 3. The summed E-state index contributed by atoms with van der Waals surface area (Å²) >= 11 is 0. The summed E-state index contributed by atoms with van der Waals surface area (Å²) in [6.45, 7) is 0. The Morgan fingerprint density at radius 3 is 2.23 bits per heavy atom. The van der Waals surface area contributed by atoms with Crippen LogP contribution in [0.25, 0.3) is 0 Å². The minimum atomic E-state index is -1.38. The van der Waals surface area contributed by atoms with Gasteiger partial charge in [0.15, 0.2) is 11.7 Å². The molecule has 3 rings (SSSR count). The maximum atomic E-state index is 13.2. The lowest BCUT2D eigenvalue weighted by atomic mass is 9.88. The number of anilines is 3. The second-order valence-electron chi connectivity index (χ2n) is 6.49. The molecule has 1 unspecified atom stereocenters. The van der Waals surface area contributed by atoms with Crippen molar-refractivity contribution in [3.05, 3.63) is 54.1 Å². The first kappa shape index (κ1) is 17.7. The van der Waals surface area contributed by atoms with Crippen LogP contribution < -0.4 is 14.7 Å². The van der Waals surface area contributed by atoms with Gasteiger partial charge in [0.2, 0.25) is 11.8 Å². The molecule has 6 heteroatoms. The first-order valence-electron chi connectivity index (χ1n) is 8.29. The van der Waals surface area contributed by atoms with Crippen LogP contribution in [0.15, 0.2) is 48.5 Å². The van der Waals surface area contributed by atoms with E-state index in [0.717, 1.165) is 0 Å². The van der Waals surface area contributed by atoms with Crippen LogP contribution in [0.2, 0.25) is 0 Å². The molecular formula is C20H21N3O3. The highest BCUT2D eigenvalue weighted by Gasteiger charge is 2.45. The van der Waals surface area contributed by atoms with Crippen molar-refractivity contribution >= 4 is 34.7 Å². The molecule has 6 nitrogen and oxygen atoms in total. The van der Waals surface area contributed by atoms with Crippen LogP contribution in [0.3, 0.4) is 0 Å². The highest BCUT2D eigenvalue weighted by Crippen LogP contribution is 2.36. The molecule has 0 aliphatic carbocycles. The van der Waals surface area contributed by atoms with E-state index in [1.54, 1.807) is 50.5 Å². The fraction of sp³-hybridized carbons (Fsp3) is 0.250. The highest BCUT2D eigenvalue weighted by molar-refractivity contribution is 6.34. The predicted octanol–water partition coefficient (Wildman–Crippen LogP) is 2.19. The summed E-state index contributed by atoms with van der Waals surface area (Å²) in [5.41, 5.74) is 2.25. The van der Waals surface area contributed by atoms with E-state index >= 15 is 0 Å². The van der Waals surface area contributed by atoms with E-state index in [0.29, 0.717) is 22.6 Å². The molecule has 1 atom stereocenters. The van der Waals surface area contributed by atoms with Crippen molar-refractivity contribution in [2.24, 2.45) is 5.92 Å². The average molecular weight is 351 g/mol. The fourth-order valence-electron chi connectivity index (χ4n) is 3.19. The molecule has 0 fully saturated rings. The summed E-state index contributed by atoms with van der Waals surface area (Å²) in [5, 5.41) is 0. The normalized spacial score (nSPS) is 16.3. The van der Waals surface area contributed by atoms with Gasteiger partial charge in [-0.05, 0) is 24.3 Å². The molecule has 0 saturated carbocycles. The van der Waals surface area contributed by atoms with Gasteiger partial charge in [0.05, 0.1) is 11.3 Å². The number of hydrogen-bond acceptors (Lipinski definition) is 4. The average Bonchev–Trinajstić information content (AvgIpc) is 2.65. The minimum absolute atomic E-state index is 0.402. The molecule has 2 aromatic rings. The van der Waals surface area contributed by atoms with Crippen molar-refractivity contribution in [3.63, 3.8) is 0 Å². The van der Waals surface area contributed by atoms with Crippen LogP contribution in [-0.4, -0.2) is 45.8 Å². The minimum Gasteiger partial charge on any atom is -0.377 e. The third kappa shape index (κ3) is 2.73. The fourth-order valence-corrected chi connectivity index (χ4v) is 3.19. The van der Waals surface area contributed by atoms with E-state index in [9.17, 15) is 14.4 Å². The SMILES string of the molecule is CN(C)c1cccc2c1C(=O)C(C(=O)N(C)c1ccccc1)C(=O)N2C. The molecule has 0 saturated heterocycles. The van der Waals surface area contributed by atoms with Gasteiger partial charge >= 0.3 is 0 Å². The van der Waals surface area contributed by atoms with E-state index in [4.69, 9.17) is 0 Å². The van der Waals surface area contributed by atoms with Crippen LogP contribution in [0.1, 0.15) is 10.4 Å². The summed E-state index contributed by atoms with van der Waals surface area (Å²) in [7, 11) is 6.82. The maximum absolute atomic E-state index is 13.2. The number of nitrogens with zero attached hydrogens (tertiary/aromatic N) is 3. The lowest BCUT2D eigenvalue weighted by Gasteiger charge is -2.33. The second-order valence-corrected chi connectivity index (χ2v) is 6.49. The molecule has 2 amide bonds. The lowest BCUT2D eigenvalue weighted by Crippen LogP contribution is -2.50. The van der Waals surface area contributed by atoms with E-state index in [2.05, 4.69) is 0 Å². The Balaban J connectivity index is 2.06. The number of benzene rings is 2. The van der Waals surface area contributed by atoms with Crippen LogP contribution in [-0.2, 0) is 9.59 Å².